The number of carboxylic acid groups (broad SMARTS) is 1. The van der Waals surface area contributed by atoms with Crippen LogP contribution >= 0.6 is 23.4 Å². The number of nitrogens with one attached hydrogen (secondary N) is 1. The third-order valence-corrected chi connectivity index (χ3v) is 22.5. The molecule has 0 radical (unpaired) electrons. The molecule has 8 heterocycles. The first-order valence-corrected chi connectivity index (χ1v) is 42.9. The van der Waals surface area contributed by atoms with Gasteiger partial charge in [-0.1, -0.05) is 41.9 Å². The second kappa shape index (κ2) is 43.2. The average molecular weight is 1810 g/mol. The van der Waals surface area contributed by atoms with Crippen LogP contribution in [0.3, 0.4) is 0 Å². The van der Waals surface area contributed by atoms with Crippen LogP contribution in [0.15, 0.2) is 219 Å². The molecule has 0 atom stereocenters. The highest BCUT2D eigenvalue weighted by Crippen LogP contribution is 2.42. The van der Waals surface area contributed by atoms with E-state index in [0.29, 0.717) is 56.7 Å². The van der Waals surface area contributed by atoms with Gasteiger partial charge in [0.2, 0.25) is 17.6 Å². The quantitative estimate of drug-likeness (QED) is 0.0134. The number of aliphatic carboxylic acids is 1. The van der Waals surface area contributed by atoms with E-state index in [0.717, 1.165) is 193 Å². The number of hydrogen-bond acceptors (Lipinski definition) is 23. The molecule has 1 amide bonds. The Kier molecular flexibility index (Phi) is 31.1. The average Bonchev–Trinajstić information content (AvgIpc) is 0.817. The number of anilines is 6. The summed E-state index contributed by atoms with van der Waals surface area (Å²) < 4.78 is 134. The molecule has 8 aromatic carbocycles. The third-order valence-electron chi connectivity index (χ3n) is 21.3. The lowest BCUT2D eigenvalue weighted by molar-refractivity contribution is -0.384. The van der Waals surface area contributed by atoms with Crippen LogP contribution in [0.1, 0.15) is 116 Å². The lowest BCUT2D eigenvalue weighted by Gasteiger charge is -2.29. The number of nitrogens with two attached hydrogens (primary N) is 1. The second-order valence-electron chi connectivity index (χ2n) is 30.3. The van der Waals surface area contributed by atoms with Crippen molar-refractivity contribution in [3.63, 3.8) is 0 Å². The number of thioether (sulfide) groups is 1. The van der Waals surface area contributed by atoms with Gasteiger partial charge >= 0.3 is 24.5 Å². The molecule has 129 heavy (non-hydrogen) atoms. The minimum absolute atomic E-state index is 0.0213. The van der Waals surface area contributed by atoms with Crippen molar-refractivity contribution in [3.05, 3.63) is 273 Å². The van der Waals surface area contributed by atoms with Crippen molar-refractivity contribution in [1.82, 2.24) is 39.9 Å². The molecule has 4 fully saturated rings. The molecule has 26 nitrogen and oxygen atoms in total. The molecule has 0 bridgehead atoms. The molecule has 0 unspecified atom stereocenters. The summed E-state index contributed by atoms with van der Waals surface area (Å²) in [4.78, 5) is 88.1. The number of aromatic nitrogens is 8. The van der Waals surface area contributed by atoms with Gasteiger partial charge in [-0.2, -0.15) is 51.3 Å². The first kappa shape index (κ1) is 92.9. The monoisotopic (exact) mass is 1810 g/mol. The largest absolute Gasteiger partial charge is 0.481 e. The molecule has 0 spiro atoms. The van der Waals surface area contributed by atoms with Crippen LogP contribution in [0.4, 0.5) is 85.0 Å². The molecule has 0 saturated carbocycles. The fourth-order valence-corrected chi connectivity index (χ4v) is 15.8. The summed E-state index contributed by atoms with van der Waals surface area (Å²) in [6.45, 7) is 7.47. The van der Waals surface area contributed by atoms with E-state index in [2.05, 4.69) is 64.8 Å². The summed E-state index contributed by atoms with van der Waals surface area (Å²) in [7, 11) is 0. The Labute approximate surface area is 744 Å². The van der Waals surface area contributed by atoms with E-state index in [-0.39, 0.29) is 75.0 Å². The Morgan fingerprint density at radius 1 is 0.426 bits per heavy atom. The molecule has 4 aromatic heterocycles. The van der Waals surface area contributed by atoms with Gasteiger partial charge in [-0.05, 0) is 210 Å². The van der Waals surface area contributed by atoms with Crippen LogP contribution in [0.5, 0.6) is 34.9 Å². The standard InChI is InChI=1S/C33H31F3N4O4S.C22H19F3N4O3.C22H21F3N4O.C15H15ClN4O2/c34-33(35,36)24-8-5-9-26(17-24)44-30-19-29(37-21-38-30)27-18-25(40-13-2-1-3-14-40)10-11-28(27)39-32(43)23-7-4-6-22(16-23)20-45-15-12-31(41)42;23-22(24,25)15-5-4-6-17(11-15)32-21-13-19(26-14-27-21)18-12-16(7-8-20(18)29(30)31)28-9-2-1-3-10-28;23-22(24,25)15-5-4-6-17(11-15)30-21-13-20(27-14-28-21)18-12-16(7-8-19(18)26)29-9-2-1-3-10-29;16-15-9-13(17-10-18-15)12-8-11(4-5-14(12)20(21)22)19-6-2-1-3-7-19/h4-11,16-19,21H,1-3,12-15,20H2,(H,39,43)(H,41,42);4-8,11-14H,1-3,9-10H2;4-8,11-14H,1-3,9-10,26H2;4-5,8-10H,1-3,6-7H2. The summed E-state index contributed by atoms with van der Waals surface area (Å²) >= 11 is 7.36. The minimum Gasteiger partial charge on any atom is -0.481 e. The SMILES string of the molecule is Nc1ccc(N2CCCCC2)cc1-c1cc(Oc2cccc(C(F)(F)F)c2)ncn1.O=C(O)CCSCc1cccc(C(=O)Nc2ccc(N3CCCCC3)cc2-c2cc(Oc3cccc(C(F)(F)F)c3)ncn2)c1.O=[N+]([O-])c1ccc(N2CCCCC2)cc1-c1cc(Cl)ncn1.O=[N+]([O-])c1ccc(N2CCCCC2)cc1-c1cc(Oc2cccc(C(F)(F)F)c2)ncn1. The summed E-state index contributed by atoms with van der Waals surface area (Å²) in [5.74, 6) is -0.0140. The van der Waals surface area contributed by atoms with Gasteiger partial charge < -0.3 is 50.0 Å². The number of carbonyl (C=O) groups is 2. The van der Waals surface area contributed by atoms with E-state index in [1.165, 1.54) is 104 Å². The highest BCUT2D eigenvalue weighted by Gasteiger charge is 2.34. The number of benzene rings is 8. The lowest BCUT2D eigenvalue weighted by atomic mass is 10.0. The van der Waals surface area contributed by atoms with Gasteiger partial charge in [0.05, 0.1) is 72.5 Å². The van der Waals surface area contributed by atoms with E-state index in [1.54, 1.807) is 48.5 Å². The maximum Gasteiger partial charge on any atom is 0.416 e. The number of hydrogen-bond donors (Lipinski definition) is 3. The molecule has 4 N–H and O–H groups in total. The number of nitro groups is 2. The summed E-state index contributed by atoms with van der Waals surface area (Å²) in [6.07, 6.45) is 5.28. The van der Waals surface area contributed by atoms with Crippen LogP contribution in [-0.2, 0) is 29.1 Å². The van der Waals surface area contributed by atoms with Gasteiger partial charge in [-0.25, -0.2) is 39.9 Å². The number of carboxylic acids is 1. The van der Waals surface area contributed by atoms with Crippen LogP contribution in [0.25, 0.3) is 45.0 Å². The number of carbonyl (C=O) groups excluding carboxylic acids is 1. The van der Waals surface area contributed by atoms with Crippen molar-refractivity contribution in [2.45, 2.75) is 108 Å². The van der Waals surface area contributed by atoms with Crippen molar-refractivity contribution in [1.29, 1.82) is 0 Å². The first-order chi connectivity index (χ1) is 62.0. The fraction of sp³-hybridized carbons (Fsp3) is 0.283. The number of nitro benzene ring substituents is 2. The third kappa shape index (κ3) is 26.0. The van der Waals surface area contributed by atoms with Crippen molar-refractivity contribution in [3.8, 4) is 79.9 Å². The fourth-order valence-electron chi connectivity index (χ4n) is 14.8. The Morgan fingerprint density at radius 2 is 0.783 bits per heavy atom. The van der Waals surface area contributed by atoms with Gasteiger partial charge in [0.1, 0.15) is 47.7 Å². The molecular formula is C92H86ClF9N16O10S. The second-order valence-corrected chi connectivity index (χ2v) is 31.8. The van der Waals surface area contributed by atoms with E-state index in [9.17, 15) is 69.3 Å². The van der Waals surface area contributed by atoms with Gasteiger partial charge in [-0.3, -0.25) is 29.8 Å². The van der Waals surface area contributed by atoms with E-state index < -0.39 is 51.0 Å². The molecular weight excluding hydrogens is 1730 g/mol. The van der Waals surface area contributed by atoms with Crippen molar-refractivity contribution in [2.24, 2.45) is 0 Å². The summed E-state index contributed by atoms with van der Waals surface area (Å²) in [5.41, 5.74) is 13.6. The Morgan fingerprint density at radius 3 is 1.18 bits per heavy atom. The number of halogens is 10. The number of nitrogens with zero attached hydrogens (tertiary/aromatic N) is 14. The summed E-state index contributed by atoms with van der Waals surface area (Å²) in [5, 5.41) is 35.0. The maximum absolute atomic E-state index is 13.4. The molecule has 4 aliphatic heterocycles. The molecule has 16 rings (SSSR count). The van der Waals surface area contributed by atoms with Crippen LogP contribution in [0, 0.1) is 20.2 Å². The molecule has 37 heteroatoms. The van der Waals surface area contributed by atoms with E-state index >= 15 is 0 Å². The predicted octanol–water partition coefficient (Wildman–Crippen LogP) is 23.0. The topological polar surface area (TPSA) is 322 Å². The lowest BCUT2D eigenvalue weighted by Crippen LogP contribution is -2.29. The first-order valence-electron chi connectivity index (χ1n) is 41.3. The summed E-state index contributed by atoms with van der Waals surface area (Å²) in [6, 6.07) is 48.3. The Balaban J connectivity index is 0.000000151. The number of alkyl halides is 9. The number of piperidine rings is 4. The Bertz CT molecular complexity index is 5920. The predicted molar refractivity (Wildman–Crippen MR) is 474 cm³/mol. The molecule has 670 valence electrons. The molecule has 12 aromatic rings. The minimum atomic E-state index is -4.52. The van der Waals surface area contributed by atoms with Crippen LogP contribution in [0.2, 0.25) is 5.15 Å². The van der Waals surface area contributed by atoms with Gasteiger partial charge in [0, 0.05) is 145 Å². The highest BCUT2D eigenvalue weighted by molar-refractivity contribution is 7.98. The van der Waals surface area contributed by atoms with Gasteiger partial charge in [0.25, 0.3) is 17.3 Å². The zero-order valence-electron chi connectivity index (χ0n) is 69.2. The Hall–Kier alpha value is -13.8. The van der Waals surface area contributed by atoms with E-state index in [1.807, 2.05) is 48.5 Å². The normalized spacial score (nSPS) is 14.1. The molecule has 0 aliphatic carbocycles. The van der Waals surface area contributed by atoms with Crippen LogP contribution < -0.4 is 44.9 Å². The zero-order chi connectivity index (χ0) is 91.2. The van der Waals surface area contributed by atoms with Gasteiger partial charge in [-0.15, -0.1) is 0 Å². The maximum atomic E-state index is 13.4. The van der Waals surface area contributed by atoms with Crippen LogP contribution in [-0.4, -0.2) is 125 Å². The molecule has 4 aliphatic rings. The molecule has 4 saturated heterocycles. The highest BCUT2D eigenvalue weighted by atomic mass is 35.5. The van der Waals surface area contributed by atoms with Crippen molar-refractivity contribution < 1.29 is 78.3 Å². The van der Waals surface area contributed by atoms with Crippen molar-refractivity contribution in [2.75, 3.05) is 88.8 Å². The van der Waals surface area contributed by atoms with E-state index in [4.69, 9.17) is 36.7 Å². The number of rotatable bonds is 23. The van der Waals surface area contributed by atoms with Gasteiger partial charge in [0.15, 0.2) is 0 Å². The van der Waals surface area contributed by atoms with Crippen molar-refractivity contribution >= 4 is 80.7 Å². The smallest absolute Gasteiger partial charge is 0.416 e. The number of nitrogen functional groups attached to an aromatic ring is 1. The zero-order valence-corrected chi connectivity index (χ0v) is 70.8. The number of ether oxygens (including phenoxy) is 3. The number of amides is 1.